The minimum atomic E-state index is -4.64. The summed E-state index contributed by atoms with van der Waals surface area (Å²) in [5.74, 6) is -0.881. The third kappa shape index (κ3) is 43.5. The topological polar surface area (TPSA) is 111 Å². The minimum absolute atomic E-state index is 0.0382. The first-order valence-electron chi connectivity index (χ1n) is 23.3. The number of hydrogen-bond donors (Lipinski definition) is 0. The van der Waals surface area contributed by atoms with Crippen molar-refractivity contribution in [2.24, 2.45) is 0 Å². The van der Waals surface area contributed by atoms with E-state index in [2.05, 4.69) is 62.5 Å². The molecule has 0 aromatic heterocycles. The molecule has 2 atom stereocenters. The Balaban J connectivity index is 4.37. The molecule has 0 spiro atoms. The fraction of sp³-hybridized carbons (Fsp3) is 0.792. The average Bonchev–Trinajstić information content (AvgIpc) is 3.17. The lowest BCUT2D eigenvalue weighted by molar-refractivity contribution is -0.870. The van der Waals surface area contributed by atoms with Gasteiger partial charge in [-0.05, 0) is 77.0 Å². The van der Waals surface area contributed by atoms with Gasteiger partial charge in [-0.15, -0.1) is 0 Å². The number of carbonyl (C=O) groups is 2. The van der Waals surface area contributed by atoms with Gasteiger partial charge in [-0.3, -0.25) is 14.2 Å². The van der Waals surface area contributed by atoms with Crippen molar-refractivity contribution in [3.8, 4) is 0 Å². The minimum Gasteiger partial charge on any atom is -0.756 e. The lowest BCUT2D eigenvalue weighted by Crippen LogP contribution is -2.37. The summed E-state index contributed by atoms with van der Waals surface area (Å²) in [5, 5.41) is 0. The average molecular weight is 838 g/mol. The van der Waals surface area contributed by atoms with E-state index < -0.39 is 32.5 Å². The van der Waals surface area contributed by atoms with Gasteiger partial charge in [0.1, 0.15) is 19.8 Å². The molecule has 0 heterocycles. The smallest absolute Gasteiger partial charge is 0.306 e. The largest absolute Gasteiger partial charge is 0.756 e. The Morgan fingerprint density at radius 1 is 0.534 bits per heavy atom. The summed E-state index contributed by atoms with van der Waals surface area (Å²) in [6, 6.07) is 0. The van der Waals surface area contributed by atoms with Crippen LogP contribution < -0.4 is 4.89 Å². The second-order valence-electron chi connectivity index (χ2n) is 16.8. The molecule has 338 valence electrons. The van der Waals surface area contributed by atoms with E-state index in [0.29, 0.717) is 23.9 Å². The van der Waals surface area contributed by atoms with E-state index in [9.17, 15) is 19.0 Å². The number of ether oxygens (including phenoxy) is 2. The van der Waals surface area contributed by atoms with Gasteiger partial charge in [0.05, 0.1) is 27.7 Å². The van der Waals surface area contributed by atoms with Crippen molar-refractivity contribution in [3.05, 3.63) is 48.6 Å². The summed E-state index contributed by atoms with van der Waals surface area (Å²) in [5.41, 5.74) is 0. The van der Waals surface area contributed by atoms with Crippen molar-refractivity contribution in [1.82, 2.24) is 0 Å². The predicted molar refractivity (Wildman–Crippen MR) is 240 cm³/mol. The maximum absolute atomic E-state index is 12.7. The standard InChI is InChI=1S/C48H88NO8P/c1-6-8-10-12-14-16-18-20-22-23-24-25-27-29-31-33-35-37-39-41-48(51)57-46(45-56-58(52,53)55-43-42-49(3,4)5)44-54-47(50)40-38-36-34-32-30-28-26-21-19-17-15-13-11-9-7-2/h15,17,20-22,26,30,32,46H,6-14,16,18-19,23-25,27-29,31,33-45H2,1-5H3/b17-15-,22-20-,26-21-,32-30-/t46-/m1/s1. The second kappa shape index (κ2) is 40.4. The molecule has 0 aliphatic rings. The van der Waals surface area contributed by atoms with Crippen LogP contribution in [-0.2, 0) is 32.7 Å². The zero-order valence-electron chi connectivity index (χ0n) is 38.0. The normalized spacial score (nSPS) is 14.0. The number of rotatable bonds is 42. The summed E-state index contributed by atoms with van der Waals surface area (Å²) < 4.78 is 33.9. The maximum Gasteiger partial charge on any atom is 0.306 e. The summed E-state index contributed by atoms with van der Waals surface area (Å²) in [6.45, 7) is 4.15. The Morgan fingerprint density at radius 2 is 0.931 bits per heavy atom. The van der Waals surface area contributed by atoms with Crippen molar-refractivity contribution in [3.63, 3.8) is 0 Å². The number of likely N-dealkylation sites (N-methyl/N-ethyl adjacent to an activating group) is 1. The highest BCUT2D eigenvalue weighted by atomic mass is 31.2. The third-order valence-corrected chi connectivity index (χ3v) is 10.8. The van der Waals surface area contributed by atoms with E-state index in [-0.39, 0.29) is 26.1 Å². The number of nitrogens with zero attached hydrogens (tertiary/aromatic N) is 1. The van der Waals surface area contributed by atoms with E-state index in [1.165, 1.54) is 103 Å². The molecule has 0 fully saturated rings. The van der Waals surface area contributed by atoms with Gasteiger partial charge >= 0.3 is 11.9 Å². The molecule has 0 bridgehead atoms. The van der Waals surface area contributed by atoms with Crippen LogP contribution in [0.3, 0.4) is 0 Å². The van der Waals surface area contributed by atoms with Crippen LogP contribution in [0.25, 0.3) is 0 Å². The molecular weight excluding hydrogens is 750 g/mol. The van der Waals surface area contributed by atoms with E-state index in [4.69, 9.17) is 18.5 Å². The Morgan fingerprint density at radius 3 is 1.47 bits per heavy atom. The van der Waals surface area contributed by atoms with Crippen LogP contribution in [0.5, 0.6) is 0 Å². The van der Waals surface area contributed by atoms with E-state index in [1.54, 1.807) is 0 Å². The van der Waals surface area contributed by atoms with Gasteiger partial charge < -0.3 is 27.9 Å². The van der Waals surface area contributed by atoms with Crippen molar-refractivity contribution >= 4 is 19.8 Å². The van der Waals surface area contributed by atoms with Gasteiger partial charge in [0.25, 0.3) is 7.82 Å². The number of hydrogen-bond acceptors (Lipinski definition) is 8. The first-order chi connectivity index (χ1) is 28.0. The number of quaternary nitrogens is 1. The van der Waals surface area contributed by atoms with Crippen LogP contribution in [-0.4, -0.2) is 70.0 Å². The molecule has 1 unspecified atom stereocenters. The van der Waals surface area contributed by atoms with Crippen LogP contribution in [0.2, 0.25) is 0 Å². The molecule has 0 amide bonds. The number of carbonyl (C=O) groups excluding carboxylic acids is 2. The van der Waals surface area contributed by atoms with Gasteiger partial charge in [-0.1, -0.05) is 152 Å². The van der Waals surface area contributed by atoms with Gasteiger partial charge in [0, 0.05) is 12.8 Å². The van der Waals surface area contributed by atoms with E-state index in [0.717, 1.165) is 51.4 Å². The van der Waals surface area contributed by atoms with Crippen LogP contribution in [0.1, 0.15) is 194 Å². The van der Waals surface area contributed by atoms with Crippen molar-refractivity contribution in [2.45, 2.75) is 200 Å². The van der Waals surface area contributed by atoms with Gasteiger partial charge in [-0.2, -0.15) is 0 Å². The SMILES string of the molecule is CCCCC/C=C\C/C=C\C/C=C\CCCCC(=O)OC[C@H](COP(=O)([O-])OCC[N+](C)(C)C)OC(=O)CCCCCCCCCCC/C=C\CCCCCCCC. The monoisotopic (exact) mass is 838 g/mol. The highest BCUT2D eigenvalue weighted by molar-refractivity contribution is 7.45. The summed E-state index contributed by atoms with van der Waals surface area (Å²) in [4.78, 5) is 37.6. The van der Waals surface area contributed by atoms with E-state index >= 15 is 0 Å². The molecule has 0 aliphatic carbocycles. The first kappa shape index (κ1) is 56.0. The quantitative estimate of drug-likeness (QED) is 0.0196. The van der Waals surface area contributed by atoms with Gasteiger partial charge in [-0.25, -0.2) is 0 Å². The fourth-order valence-electron chi connectivity index (χ4n) is 6.13. The molecule has 0 aromatic rings. The molecule has 58 heavy (non-hydrogen) atoms. The summed E-state index contributed by atoms with van der Waals surface area (Å²) >= 11 is 0. The first-order valence-corrected chi connectivity index (χ1v) is 24.8. The van der Waals surface area contributed by atoms with Crippen LogP contribution in [0.15, 0.2) is 48.6 Å². The highest BCUT2D eigenvalue weighted by Gasteiger charge is 2.21. The molecule has 0 aliphatic heterocycles. The number of phosphoric acid groups is 1. The molecule has 0 saturated heterocycles. The van der Waals surface area contributed by atoms with Crippen LogP contribution in [0, 0.1) is 0 Å². The van der Waals surface area contributed by atoms with Crippen molar-refractivity contribution in [2.75, 3.05) is 47.5 Å². The second-order valence-corrected chi connectivity index (χ2v) is 18.2. The number of phosphoric ester groups is 1. The number of allylic oxidation sites excluding steroid dienone is 8. The zero-order valence-corrected chi connectivity index (χ0v) is 38.9. The van der Waals surface area contributed by atoms with Gasteiger partial charge in [0.2, 0.25) is 0 Å². The number of unbranched alkanes of at least 4 members (excludes halogenated alkanes) is 20. The Kier molecular flexibility index (Phi) is 39.0. The Bertz CT molecular complexity index is 1130. The molecule has 0 saturated carbocycles. The van der Waals surface area contributed by atoms with Crippen molar-refractivity contribution < 1.29 is 42.1 Å². The summed E-state index contributed by atoms with van der Waals surface area (Å²) in [6.07, 6.45) is 47.1. The molecule has 10 heteroatoms. The number of esters is 2. The van der Waals surface area contributed by atoms with Crippen LogP contribution in [0.4, 0.5) is 0 Å². The highest BCUT2D eigenvalue weighted by Crippen LogP contribution is 2.38. The van der Waals surface area contributed by atoms with Gasteiger partial charge in [0.15, 0.2) is 6.10 Å². The van der Waals surface area contributed by atoms with E-state index in [1.807, 2.05) is 21.1 Å². The van der Waals surface area contributed by atoms with Crippen molar-refractivity contribution in [1.29, 1.82) is 0 Å². The van der Waals surface area contributed by atoms with Crippen LogP contribution >= 0.6 is 7.82 Å². The molecule has 0 aromatic carbocycles. The third-order valence-electron chi connectivity index (χ3n) is 9.82. The molecular formula is C48H88NO8P. The lowest BCUT2D eigenvalue weighted by atomic mass is 10.1. The summed E-state index contributed by atoms with van der Waals surface area (Å²) in [7, 11) is 1.14. The Labute approximate surface area is 356 Å². The molecule has 0 rings (SSSR count). The fourth-order valence-corrected chi connectivity index (χ4v) is 6.85. The lowest BCUT2D eigenvalue weighted by Gasteiger charge is -2.28. The maximum atomic E-state index is 12.7. The molecule has 9 nitrogen and oxygen atoms in total. The predicted octanol–water partition coefficient (Wildman–Crippen LogP) is 12.8. The molecule has 0 N–H and O–H groups in total. The zero-order chi connectivity index (χ0) is 42.8. The Hall–Kier alpha value is -2.03. The molecule has 0 radical (unpaired) electrons.